The number of aliphatic hydroxyl groups is 2. The average molecular weight is 472 g/mol. The quantitative estimate of drug-likeness (QED) is 0.512. The van der Waals surface area contributed by atoms with Gasteiger partial charge in [0.05, 0.1) is 13.2 Å². The van der Waals surface area contributed by atoms with Crippen molar-refractivity contribution in [2.45, 2.75) is 63.4 Å². The number of nitrogens with zero attached hydrogens (tertiary/aromatic N) is 1. The molecular formula is C26H33NO7. The predicted molar refractivity (Wildman–Crippen MR) is 124 cm³/mol. The van der Waals surface area contributed by atoms with Gasteiger partial charge in [0.15, 0.2) is 12.4 Å². The normalized spacial score (nSPS) is 28.2. The standard InChI is InChI=1S/C26H33NO7/c1-3-27(4-2)25(30)24-23(33-24)22(31-15-17-11-7-5-8-12-17)20(29)21-19(28)16-32-26(34-21)18-13-9-6-10-14-18/h5-14,19-24,26,28-29H,3-4,15-16H2,1-2H3/t19-,20+,21-,22-,23+,24-,26-/m1/s1. The van der Waals surface area contributed by atoms with E-state index in [4.69, 9.17) is 18.9 Å². The molecule has 2 aromatic carbocycles. The minimum Gasteiger partial charge on any atom is -0.388 e. The number of amides is 1. The second kappa shape index (κ2) is 11.4. The molecule has 7 atom stereocenters. The van der Waals surface area contributed by atoms with Crippen molar-refractivity contribution < 1.29 is 34.0 Å². The summed E-state index contributed by atoms with van der Waals surface area (Å²) in [6, 6.07) is 18.9. The van der Waals surface area contributed by atoms with Gasteiger partial charge in [0, 0.05) is 18.7 Å². The number of hydrogen-bond donors (Lipinski definition) is 2. The molecule has 0 bridgehead atoms. The molecule has 34 heavy (non-hydrogen) atoms. The molecule has 0 spiro atoms. The highest BCUT2D eigenvalue weighted by Crippen LogP contribution is 2.35. The largest absolute Gasteiger partial charge is 0.388 e. The van der Waals surface area contributed by atoms with Gasteiger partial charge in [-0.25, -0.2) is 0 Å². The summed E-state index contributed by atoms with van der Waals surface area (Å²) >= 11 is 0. The number of aliphatic hydroxyl groups excluding tert-OH is 2. The Morgan fingerprint density at radius 3 is 2.32 bits per heavy atom. The number of hydrogen-bond acceptors (Lipinski definition) is 7. The Morgan fingerprint density at radius 1 is 1.03 bits per heavy atom. The number of epoxide rings is 1. The van der Waals surface area contributed by atoms with Crippen LogP contribution in [0.2, 0.25) is 0 Å². The molecule has 2 aromatic rings. The first-order chi connectivity index (χ1) is 16.5. The molecule has 0 aliphatic carbocycles. The molecule has 2 saturated heterocycles. The maximum atomic E-state index is 12.8. The summed E-state index contributed by atoms with van der Waals surface area (Å²) in [5.41, 5.74) is 1.70. The van der Waals surface area contributed by atoms with Gasteiger partial charge in [0.1, 0.15) is 30.5 Å². The van der Waals surface area contributed by atoms with Gasteiger partial charge in [-0.15, -0.1) is 0 Å². The lowest BCUT2D eigenvalue weighted by molar-refractivity contribution is -0.286. The van der Waals surface area contributed by atoms with Crippen LogP contribution in [0.5, 0.6) is 0 Å². The molecule has 0 unspecified atom stereocenters. The van der Waals surface area contributed by atoms with E-state index in [1.807, 2.05) is 74.5 Å². The highest BCUT2D eigenvalue weighted by molar-refractivity contribution is 5.84. The van der Waals surface area contributed by atoms with E-state index < -0.39 is 42.9 Å². The minimum absolute atomic E-state index is 0.0000228. The molecule has 184 valence electrons. The first-order valence-electron chi connectivity index (χ1n) is 11.8. The number of carbonyl (C=O) groups is 1. The third kappa shape index (κ3) is 5.66. The molecule has 2 heterocycles. The molecule has 2 N–H and O–H groups in total. The Labute approximate surface area is 200 Å². The van der Waals surface area contributed by atoms with E-state index in [-0.39, 0.29) is 19.1 Å². The molecular weight excluding hydrogens is 438 g/mol. The van der Waals surface area contributed by atoms with Crippen LogP contribution in [0.25, 0.3) is 0 Å². The second-order valence-electron chi connectivity index (χ2n) is 8.53. The Balaban J connectivity index is 1.50. The lowest BCUT2D eigenvalue weighted by Crippen LogP contribution is -2.54. The molecule has 8 heteroatoms. The molecule has 8 nitrogen and oxygen atoms in total. The number of rotatable bonds is 10. The SMILES string of the molecule is CCN(CC)C(=O)[C@@H]1O[C@H]1[C@H](OCc1ccccc1)[C@@H](O)[C@@H]1O[C@H](c2ccccc2)OC[C@H]1O. The van der Waals surface area contributed by atoms with Crippen LogP contribution in [0.4, 0.5) is 0 Å². The topological polar surface area (TPSA) is 101 Å². The van der Waals surface area contributed by atoms with Crippen LogP contribution in [-0.4, -0.2) is 77.3 Å². The van der Waals surface area contributed by atoms with E-state index in [1.165, 1.54) is 0 Å². The summed E-state index contributed by atoms with van der Waals surface area (Å²) in [7, 11) is 0. The molecule has 0 saturated carbocycles. The van der Waals surface area contributed by atoms with Crippen LogP contribution >= 0.6 is 0 Å². The maximum Gasteiger partial charge on any atom is 0.254 e. The third-order valence-electron chi connectivity index (χ3n) is 6.28. The van der Waals surface area contributed by atoms with Gasteiger partial charge in [-0.3, -0.25) is 4.79 Å². The first kappa shape index (κ1) is 24.8. The van der Waals surface area contributed by atoms with E-state index in [1.54, 1.807) is 4.90 Å². The first-order valence-corrected chi connectivity index (χ1v) is 11.8. The molecule has 4 rings (SSSR count). The summed E-state index contributed by atoms with van der Waals surface area (Å²) < 4.78 is 23.5. The van der Waals surface area contributed by atoms with Crippen molar-refractivity contribution in [3.05, 3.63) is 71.8 Å². The van der Waals surface area contributed by atoms with E-state index in [2.05, 4.69) is 0 Å². The summed E-state index contributed by atoms with van der Waals surface area (Å²) in [5, 5.41) is 21.9. The number of benzene rings is 2. The summed E-state index contributed by atoms with van der Waals surface area (Å²) in [6.45, 7) is 5.18. The Hall–Kier alpha value is -2.33. The monoisotopic (exact) mass is 471 g/mol. The lowest BCUT2D eigenvalue weighted by Gasteiger charge is -2.38. The fourth-order valence-electron chi connectivity index (χ4n) is 4.28. The number of ether oxygens (including phenoxy) is 4. The van der Waals surface area contributed by atoms with Gasteiger partial charge in [-0.2, -0.15) is 0 Å². The van der Waals surface area contributed by atoms with E-state index >= 15 is 0 Å². The van der Waals surface area contributed by atoms with E-state index in [9.17, 15) is 15.0 Å². The van der Waals surface area contributed by atoms with Crippen molar-refractivity contribution in [1.82, 2.24) is 4.90 Å². The predicted octanol–water partition coefficient (Wildman–Crippen LogP) is 2.04. The fraction of sp³-hybridized carbons (Fsp3) is 0.500. The Kier molecular flexibility index (Phi) is 8.31. The maximum absolute atomic E-state index is 12.8. The summed E-state index contributed by atoms with van der Waals surface area (Å²) in [5.74, 6) is -0.133. The van der Waals surface area contributed by atoms with Crippen molar-refractivity contribution in [3.63, 3.8) is 0 Å². The van der Waals surface area contributed by atoms with Gasteiger partial charge >= 0.3 is 0 Å². The van der Waals surface area contributed by atoms with Crippen LogP contribution < -0.4 is 0 Å². The molecule has 2 fully saturated rings. The lowest BCUT2D eigenvalue weighted by atomic mass is 9.98. The van der Waals surface area contributed by atoms with Crippen LogP contribution in [0.15, 0.2) is 60.7 Å². The second-order valence-corrected chi connectivity index (χ2v) is 8.53. The zero-order valence-corrected chi connectivity index (χ0v) is 19.5. The zero-order valence-electron chi connectivity index (χ0n) is 19.5. The summed E-state index contributed by atoms with van der Waals surface area (Å²) in [6.07, 6.45) is -6.22. The van der Waals surface area contributed by atoms with Crippen LogP contribution in [0.1, 0.15) is 31.3 Å². The minimum atomic E-state index is -1.24. The smallest absolute Gasteiger partial charge is 0.254 e. The van der Waals surface area contributed by atoms with Crippen LogP contribution in [0.3, 0.4) is 0 Å². The van der Waals surface area contributed by atoms with Crippen LogP contribution in [-0.2, 0) is 30.3 Å². The molecule has 2 aliphatic rings. The third-order valence-corrected chi connectivity index (χ3v) is 6.28. The fourth-order valence-corrected chi connectivity index (χ4v) is 4.28. The Morgan fingerprint density at radius 2 is 1.68 bits per heavy atom. The molecule has 0 radical (unpaired) electrons. The molecule has 2 aliphatic heterocycles. The van der Waals surface area contributed by atoms with Gasteiger partial charge in [-0.1, -0.05) is 60.7 Å². The summed E-state index contributed by atoms with van der Waals surface area (Å²) in [4.78, 5) is 14.5. The highest BCUT2D eigenvalue weighted by atomic mass is 16.7. The zero-order chi connectivity index (χ0) is 24.1. The molecule has 1 amide bonds. The van der Waals surface area contributed by atoms with Gasteiger partial charge in [-0.05, 0) is 19.4 Å². The van der Waals surface area contributed by atoms with E-state index in [0.717, 1.165) is 11.1 Å². The number of likely N-dealkylation sites (N-methyl/N-ethyl adjacent to an activating group) is 1. The van der Waals surface area contributed by atoms with Gasteiger partial charge < -0.3 is 34.1 Å². The number of carbonyl (C=O) groups excluding carboxylic acids is 1. The van der Waals surface area contributed by atoms with Crippen molar-refractivity contribution in [2.24, 2.45) is 0 Å². The Bertz CT molecular complexity index is 908. The van der Waals surface area contributed by atoms with Crippen LogP contribution in [0, 0.1) is 0 Å². The van der Waals surface area contributed by atoms with Gasteiger partial charge in [0.2, 0.25) is 0 Å². The van der Waals surface area contributed by atoms with Crippen molar-refractivity contribution in [2.75, 3.05) is 19.7 Å². The van der Waals surface area contributed by atoms with Crippen molar-refractivity contribution in [3.8, 4) is 0 Å². The van der Waals surface area contributed by atoms with E-state index in [0.29, 0.717) is 13.1 Å². The highest BCUT2D eigenvalue weighted by Gasteiger charge is 2.56. The molecule has 0 aromatic heterocycles. The average Bonchev–Trinajstić information content (AvgIpc) is 3.67. The van der Waals surface area contributed by atoms with Crippen molar-refractivity contribution in [1.29, 1.82) is 0 Å². The van der Waals surface area contributed by atoms with Crippen molar-refractivity contribution >= 4 is 5.91 Å². The van der Waals surface area contributed by atoms with Gasteiger partial charge in [0.25, 0.3) is 5.91 Å².